The van der Waals surface area contributed by atoms with Crippen molar-refractivity contribution in [3.63, 3.8) is 0 Å². The number of para-hydroxylation sites is 1. The highest BCUT2D eigenvalue weighted by Crippen LogP contribution is 2.31. The second-order valence-corrected chi connectivity index (χ2v) is 8.07. The van der Waals surface area contributed by atoms with Crippen molar-refractivity contribution in [1.29, 1.82) is 0 Å². The summed E-state index contributed by atoms with van der Waals surface area (Å²) in [5.41, 5.74) is 2.41. The number of aromatic nitrogens is 1. The number of nitrogens with zero attached hydrogens (tertiary/aromatic N) is 1. The fourth-order valence-electron chi connectivity index (χ4n) is 2.71. The number of hydrogen-bond donors (Lipinski definition) is 2. The largest absolute Gasteiger partial charge is 0.485 e. The molecule has 7 heteroatoms. The van der Waals surface area contributed by atoms with Crippen molar-refractivity contribution >= 4 is 33.2 Å². The smallest absolute Gasteiger partial charge is 0.263 e. The van der Waals surface area contributed by atoms with Gasteiger partial charge in [0.2, 0.25) is 0 Å². The molecule has 0 saturated heterocycles. The van der Waals surface area contributed by atoms with Crippen molar-refractivity contribution < 1.29 is 14.6 Å². The first kappa shape index (κ1) is 20.5. The highest BCUT2D eigenvalue weighted by Gasteiger charge is 2.13. The zero-order chi connectivity index (χ0) is 19.8. The number of carbonyl (C=O) groups is 1. The van der Waals surface area contributed by atoms with Crippen LogP contribution in [0.4, 0.5) is 0 Å². The summed E-state index contributed by atoms with van der Waals surface area (Å²) in [6.45, 7) is 0.428. The van der Waals surface area contributed by atoms with E-state index in [0.29, 0.717) is 11.5 Å². The number of ether oxygens (including phenoxy) is 1. The van der Waals surface area contributed by atoms with E-state index in [1.165, 1.54) is 23.1 Å². The summed E-state index contributed by atoms with van der Waals surface area (Å²) in [4.78, 5) is 16.7. The van der Waals surface area contributed by atoms with Crippen LogP contribution in [-0.4, -0.2) is 29.1 Å². The molecule has 1 aromatic heterocycles. The van der Waals surface area contributed by atoms with Gasteiger partial charge in [-0.3, -0.25) is 4.79 Å². The van der Waals surface area contributed by atoms with Gasteiger partial charge in [0.05, 0.1) is 17.3 Å². The third-order valence-corrected chi connectivity index (χ3v) is 5.68. The molecule has 0 spiro atoms. The van der Waals surface area contributed by atoms with Crippen LogP contribution < -0.4 is 10.1 Å². The van der Waals surface area contributed by atoms with Crippen LogP contribution in [0.25, 0.3) is 0 Å². The normalized spacial score (nSPS) is 10.6. The average molecular weight is 461 g/mol. The maximum Gasteiger partial charge on any atom is 0.263 e. The summed E-state index contributed by atoms with van der Waals surface area (Å²) in [5, 5.41) is 12.1. The van der Waals surface area contributed by atoms with E-state index in [1.54, 1.807) is 0 Å². The number of thiazole rings is 1. The third kappa shape index (κ3) is 5.64. The number of benzene rings is 2. The Kier molecular flexibility index (Phi) is 7.59. The lowest BCUT2D eigenvalue weighted by Gasteiger charge is -2.12. The van der Waals surface area contributed by atoms with E-state index < -0.39 is 0 Å². The summed E-state index contributed by atoms with van der Waals surface area (Å²) >= 11 is 4.86. The molecule has 0 saturated carbocycles. The molecule has 0 atom stereocenters. The number of aliphatic hydroxyl groups excluding tert-OH is 1. The van der Waals surface area contributed by atoms with Gasteiger partial charge >= 0.3 is 0 Å². The number of amides is 1. The van der Waals surface area contributed by atoms with E-state index >= 15 is 0 Å². The molecule has 3 rings (SSSR count). The fraction of sp³-hybridized carbons (Fsp3) is 0.238. The second kappa shape index (κ2) is 10.4. The van der Waals surface area contributed by atoms with Gasteiger partial charge in [-0.1, -0.05) is 42.5 Å². The highest BCUT2D eigenvalue weighted by molar-refractivity contribution is 9.10. The molecule has 28 heavy (non-hydrogen) atoms. The van der Waals surface area contributed by atoms with Gasteiger partial charge in [0.1, 0.15) is 22.2 Å². The third-order valence-electron chi connectivity index (χ3n) is 4.09. The molecule has 5 nitrogen and oxygen atoms in total. The SMILES string of the molecule is O=C(NCCO)c1cnc(COc2c(Br)cccc2CCc2ccccc2)s1. The fourth-order valence-corrected chi connectivity index (χ4v) is 3.98. The maximum absolute atomic E-state index is 11.9. The number of hydrogen-bond acceptors (Lipinski definition) is 5. The molecule has 1 heterocycles. The Hall–Kier alpha value is -2.22. The van der Waals surface area contributed by atoms with Crippen molar-refractivity contribution in [2.45, 2.75) is 19.4 Å². The summed E-state index contributed by atoms with van der Waals surface area (Å²) in [5.74, 6) is 0.571. The van der Waals surface area contributed by atoms with Crippen molar-refractivity contribution in [2.24, 2.45) is 0 Å². The van der Waals surface area contributed by atoms with Crippen LogP contribution in [-0.2, 0) is 19.4 Å². The summed E-state index contributed by atoms with van der Waals surface area (Å²) < 4.78 is 6.94. The Balaban J connectivity index is 1.64. The minimum absolute atomic E-state index is 0.0890. The van der Waals surface area contributed by atoms with Gasteiger partial charge in [0.15, 0.2) is 0 Å². The first-order valence-corrected chi connectivity index (χ1v) is 10.6. The number of nitrogens with one attached hydrogen (secondary N) is 1. The molecule has 0 fully saturated rings. The second-order valence-electron chi connectivity index (χ2n) is 6.10. The molecule has 0 aliphatic rings. The summed E-state index contributed by atoms with van der Waals surface area (Å²) in [6.07, 6.45) is 3.33. The lowest BCUT2D eigenvalue weighted by atomic mass is 10.0. The topological polar surface area (TPSA) is 71.5 Å². The number of rotatable bonds is 9. The van der Waals surface area contributed by atoms with E-state index in [1.807, 2.05) is 30.3 Å². The van der Waals surface area contributed by atoms with E-state index in [4.69, 9.17) is 9.84 Å². The molecule has 3 aromatic rings. The molecule has 2 aromatic carbocycles. The van der Waals surface area contributed by atoms with Crippen LogP contribution in [0.15, 0.2) is 59.2 Å². The summed E-state index contributed by atoms with van der Waals surface area (Å²) in [6, 6.07) is 16.4. The van der Waals surface area contributed by atoms with E-state index in [0.717, 1.165) is 33.6 Å². The number of aryl methyl sites for hydroxylation is 2. The quantitative estimate of drug-likeness (QED) is 0.506. The van der Waals surface area contributed by atoms with Gasteiger partial charge in [0.25, 0.3) is 5.91 Å². The zero-order valence-corrected chi connectivity index (χ0v) is 17.6. The molecule has 146 valence electrons. The average Bonchev–Trinajstić information content (AvgIpc) is 3.19. The molecule has 0 unspecified atom stereocenters. The van der Waals surface area contributed by atoms with Crippen molar-refractivity contribution in [3.05, 3.63) is 80.2 Å². The Bertz CT molecular complexity index is 915. The van der Waals surface area contributed by atoms with Gasteiger partial charge in [-0.15, -0.1) is 11.3 Å². The number of halogens is 1. The minimum atomic E-state index is -0.234. The molecule has 1 amide bonds. The molecule has 0 aliphatic carbocycles. The first-order chi connectivity index (χ1) is 13.7. The number of carbonyl (C=O) groups excluding carboxylic acids is 1. The van der Waals surface area contributed by atoms with Gasteiger partial charge in [-0.05, 0) is 46.0 Å². The Morgan fingerprint density at radius 1 is 1.14 bits per heavy atom. The van der Waals surface area contributed by atoms with Crippen molar-refractivity contribution in [2.75, 3.05) is 13.2 Å². The van der Waals surface area contributed by atoms with Gasteiger partial charge in [-0.2, -0.15) is 0 Å². The lowest BCUT2D eigenvalue weighted by Crippen LogP contribution is -2.25. The standard InChI is InChI=1S/C21H21BrN2O3S/c22-17-8-4-7-16(10-9-15-5-2-1-3-6-15)20(17)27-14-19-24-13-18(28-19)21(26)23-11-12-25/h1-8,13,25H,9-12,14H2,(H,23,26). The molecule has 0 radical (unpaired) electrons. The lowest BCUT2D eigenvalue weighted by molar-refractivity contribution is 0.0948. The van der Waals surface area contributed by atoms with Crippen LogP contribution >= 0.6 is 27.3 Å². The predicted octanol–water partition coefficient (Wildman–Crippen LogP) is 3.99. The summed E-state index contributed by atoms with van der Waals surface area (Å²) in [7, 11) is 0. The van der Waals surface area contributed by atoms with Gasteiger partial charge in [-0.25, -0.2) is 4.98 Å². The first-order valence-electron chi connectivity index (χ1n) is 8.95. The monoisotopic (exact) mass is 460 g/mol. The van der Waals surface area contributed by atoms with Gasteiger partial charge in [0, 0.05) is 6.54 Å². The van der Waals surface area contributed by atoms with E-state index in [2.05, 4.69) is 44.4 Å². The van der Waals surface area contributed by atoms with Gasteiger partial charge < -0.3 is 15.2 Å². The van der Waals surface area contributed by atoms with E-state index in [9.17, 15) is 4.79 Å². The Labute approximate surface area is 176 Å². The van der Waals surface area contributed by atoms with Crippen molar-refractivity contribution in [1.82, 2.24) is 10.3 Å². The molecule has 2 N–H and O–H groups in total. The van der Waals surface area contributed by atoms with Crippen LogP contribution in [0, 0.1) is 0 Å². The van der Waals surface area contributed by atoms with E-state index in [-0.39, 0.29) is 19.1 Å². The molecular weight excluding hydrogens is 440 g/mol. The predicted molar refractivity (Wildman–Crippen MR) is 114 cm³/mol. The Morgan fingerprint density at radius 2 is 1.96 bits per heavy atom. The zero-order valence-electron chi connectivity index (χ0n) is 15.2. The molecule has 0 bridgehead atoms. The minimum Gasteiger partial charge on any atom is -0.485 e. The van der Waals surface area contributed by atoms with Crippen LogP contribution in [0.2, 0.25) is 0 Å². The molecular formula is C21H21BrN2O3S. The van der Waals surface area contributed by atoms with Crippen LogP contribution in [0.5, 0.6) is 5.75 Å². The molecule has 0 aliphatic heterocycles. The highest BCUT2D eigenvalue weighted by atomic mass is 79.9. The van der Waals surface area contributed by atoms with Crippen LogP contribution in [0.3, 0.4) is 0 Å². The Morgan fingerprint density at radius 3 is 2.75 bits per heavy atom. The van der Waals surface area contributed by atoms with Crippen LogP contribution in [0.1, 0.15) is 25.8 Å². The van der Waals surface area contributed by atoms with Crippen molar-refractivity contribution in [3.8, 4) is 5.75 Å². The maximum atomic E-state index is 11.9. The number of aliphatic hydroxyl groups is 1.